The number of ketones is 3. The Balaban J connectivity index is 0.937. The second-order valence-corrected chi connectivity index (χ2v) is 40.3. The Morgan fingerprint density at radius 3 is 2.14 bits per heavy atom. The molecule has 9 rings (SSSR count). The number of hydroxylamine groups is 1. The van der Waals surface area contributed by atoms with Gasteiger partial charge in [0.15, 0.2) is 36.2 Å². The quantitative estimate of drug-likeness (QED) is 0.00685. The number of carbonyl (C=O) groups is 10. The third-order valence-corrected chi connectivity index (χ3v) is 30.6. The lowest BCUT2D eigenvalue weighted by molar-refractivity contribution is -0.343. The Morgan fingerprint density at radius 2 is 1.51 bits per heavy atom. The van der Waals surface area contributed by atoms with Crippen LogP contribution < -0.4 is 52.8 Å². The molecule has 15 N–H and O–H groups in total. The van der Waals surface area contributed by atoms with Gasteiger partial charge in [0.25, 0.3) is 0 Å². The minimum Gasteiger partial charge on any atom is -0.492 e. The van der Waals surface area contributed by atoms with Crippen LogP contribution in [0, 0.1) is 69.2 Å². The van der Waals surface area contributed by atoms with Crippen LogP contribution >= 0.6 is 55.9 Å². The van der Waals surface area contributed by atoms with E-state index < -0.39 is 220 Å². The number of nitrogens with zero attached hydrogens (tertiary/aromatic N) is 1. The molecule has 3 aliphatic carbocycles. The van der Waals surface area contributed by atoms with E-state index in [0.29, 0.717) is 57.3 Å². The van der Waals surface area contributed by atoms with Gasteiger partial charge in [-0.1, -0.05) is 95.5 Å². The third-order valence-electron chi connectivity index (χ3n) is 24.8. The molecule has 2 aromatic carbocycles. The maximum Gasteiger partial charge on any atom is 0.410 e. The first-order valence-corrected chi connectivity index (χ1v) is 48.4. The van der Waals surface area contributed by atoms with Gasteiger partial charge in [0, 0.05) is 111 Å². The fourth-order valence-electron chi connectivity index (χ4n) is 17.9. The summed E-state index contributed by atoms with van der Waals surface area (Å²) < 4.78 is 79.8. The molecule has 732 valence electrons. The van der Waals surface area contributed by atoms with Crippen LogP contribution in [0.4, 0.5) is 15.3 Å². The van der Waals surface area contributed by atoms with Crippen molar-refractivity contribution < 1.29 is 140 Å². The van der Waals surface area contributed by atoms with Gasteiger partial charge in [-0.05, 0) is 158 Å². The van der Waals surface area contributed by atoms with Crippen LogP contribution in [-0.4, -0.2) is 282 Å². The van der Waals surface area contributed by atoms with Crippen molar-refractivity contribution in [2.75, 3.05) is 72.9 Å². The molecule has 0 aromatic heterocycles. The lowest BCUT2D eigenvalue weighted by Gasteiger charge is -2.60. The normalized spacial score (nSPS) is 30.5. The average Bonchev–Trinajstić information content (AvgIpc) is 1.47. The number of esters is 1. The maximum atomic E-state index is 14.7. The van der Waals surface area contributed by atoms with E-state index in [1.54, 1.807) is 85.7 Å². The Hall–Kier alpha value is -7.32. The lowest BCUT2D eigenvalue weighted by atomic mass is 9.44. The number of unbranched alkanes of at least 4 members (excludes halogenated alkanes) is 1. The van der Waals surface area contributed by atoms with E-state index in [0.717, 1.165) is 11.8 Å². The number of ether oxygens (including phenoxy) is 13. The van der Waals surface area contributed by atoms with Gasteiger partial charge in [0.2, 0.25) is 34.9 Å². The van der Waals surface area contributed by atoms with Crippen molar-refractivity contribution >= 4 is 120 Å². The number of thioether (sulfide) groups is 1. The predicted molar refractivity (Wildman–Crippen MR) is 494 cm³/mol. The van der Waals surface area contributed by atoms with Crippen LogP contribution in [0.3, 0.4) is 0 Å². The summed E-state index contributed by atoms with van der Waals surface area (Å²) in [5.74, 6) is 5.30. The Labute approximate surface area is 795 Å². The zero-order valence-corrected chi connectivity index (χ0v) is 82.0. The molecule has 7 aliphatic rings. The summed E-state index contributed by atoms with van der Waals surface area (Å²) >= 11 is 2.76. The second-order valence-electron chi connectivity index (χ2n) is 35.0. The van der Waals surface area contributed by atoms with Gasteiger partial charge in [-0.25, -0.2) is 9.59 Å². The van der Waals surface area contributed by atoms with E-state index in [-0.39, 0.29) is 112 Å². The van der Waals surface area contributed by atoms with Crippen LogP contribution in [0.2, 0.25) is 0 Å². The van der Waals surface area contributed by atoms with Crippen LogP contribution in [0.5, 0.6) is 17.2 Å². The molecule has 0 radical (unpaired) electrons. The van der Waals surface area contributed by atoms with Crippen molar-refractivity contribution in [3.05, 3.63) is 67.8 Å². The van der Waals surface area contributed by atoms with Gasteiger partial charge >= 0.3 is 18.1 Å². The van der Waals surface area contributed by atoms with Gasteiger partial charge < -0.3 is 130 Å². The SMILES string of the molecule is CCN(C(=O)OCc1ccc(NC(=O)[C@H](CCCNC(N)=O)CC(=O)[C@@H](NC(=O)[C@H](CCCCN)CC(C)=O)C(C)C)cc1)[C@H]1CO[C@@H](O[C@H]2[C@H](O[C@H]3C#C/C=C(/C)C#CC45C(CC(=O)OC)C(=O)C[C@]4(O)/C(=C/CSSC(C)(C)CC(N)=O)C35)O[C@H](C)[C@@H](NO[C@H]3C[C@H](O)[C@H](SC(=O)c4c(C)c(I)c(O[C@@H]5O[C@@H](C)[C@H](O)[C@@H](OC)[C@H]5O)c(OC)c4OC)[C@@H](C)O3)[C@@H]2O)C[C@@H]1OC. The predicted octanol–water partition coefficient (Wildman–Crippen LogP) is 6.03. The summed E-state index contributed by atoms with van der Waals surface area (Å²) in [7, 11) is 9.38. The number of halogens is 1. The number of benzene rings is 2. The van der Waals surface area contributed by atoms with E-state index in [9.17, 15) is 73.5 Å². The fraction of sp³-hybridized carbons (Fsp3) is 0.670. The number of likely N-dealkylation sites (N-methyl/N-ethyl adjacent to an activating group) is 1. The molecule has 3 unspecified atom stereocenters. The number of hydrogen-bond donors (Lipinski definition) is 12. The highest BCUT2D eigenvalue weighted by atomic mass is 127. The summed E-state index contributed by atoms with van der Waals surface area (Å²) in [6.07, 6.45) is -15.6. The number of hydrogen-bond acceptors (Lipinski definition) is 34. The summed E-state index contributed by atoms with van der Waals surface area (Å²) in [6.45, 7) is 18.8. The number of rotatable bonds is 45. The molecular weight excluding hydrogens is 1890 g/mol. The van der Waals surface area contributed by atoms with Crippen LogP contribution in [-0.2, 0) is 92.4 Å². The number of carbonyl (C=O) groups excluding carboxylic acids is 10. The third kappa shape index (κ3) is 26.3. The highest BCUT2D eigenvalue weighted by molar-refractivity contribution is 14.1. The molecule has 4 aliphatic heterocycles. The largest absolute Gasteiger partial charge is 0.492 e. The van der Waals surface area contributed by atoms with Crippen LogP contribution in [0.15, 0.2) is 47.6 Å². The van der Waals surface area contributed by atoms with Crippen LogP contribution in [0.25, 0.3) is 0 Å². The molecule has 2 saturated carbocycles. The number of Topliss-reactive ketones (excluding diaryl/α,β-unsaturated/α-hetero) is 3. The molecule has 2 aromatic rings. The van der Waals surface area contributed by atoms with Gasteiger partial charge in [0.1, 0.15) is 60.4 Å². The van der Waals surface area contributed by atoms with Crippen molar-refractivity contribution in [3.63, 3.8) is 0 Å². The summed E-state index contributed by atoms with van der Waals surface area (Å²) in [5, 5.41) is 67.0. The van der Waals surface area contributed by atoms with E-state index in [1.807, 2.05) is 36.4 Å². The fourth-order valence-corrected chi connectivity index (χ4v) is 22.1. The minimum absolute atomic E-state index is 0.00860. The number of methoxy groups -OCH3 is 5. The van der Waals surface area contributed by atoms with Crippen LogP contribution in [0.1, 0.15) is 168 Å². The molecule has 37 nitrogen and oxygen atoms in total. The van der Waals surface area contributed by atoms with Crippen molar-refractivity contribution in [2.45, 2.75) is 286 Å². The molecule has 25 atom stereocenters. The monoisotopic (exact) mass is 2020 g/mol. The van der Waals surface area contributed by atoms with Gasteiger partial charge in [0.05, 0.1) is 103 Å². The number of urea groups is 1. The second kappa shape index (κ2) is 49.1. The Kier molecular flexibility index (Phi) is 40.3. The highest BCUT2D eigenvalue weighted by Gasteiger charge is 2.79. The van der Waals surface area contributed by atoms with Gasteiger partial charge in [-0.3, -0.25) is 38.4 Å². The van der Waals surface area contributed by atoms with Crippen molar-refractivity contribution in [1.29, 1.82) is 0 Å². The number of aliphatic hydroxyl groups excluding tert-OH is 4. The topological polar surface area (TPSA) is 530 Å². The molecule has 6 fully saturated rings. The Morgan fingerprint density at radius 1 is 0.818 bits per heavy atom. The molecular formula is C91H129IN8O29S3. The smallest absolute Gasteiger partial charge is 0.410 e. The number of aliphatic hydroxyl groups is 5. The molecule has 4 heterocycles. The molecule has 1 spiro atoms. The minimum atomic E-state index is -1.98. The van der Waals surface area contributed by atoms with E-state index >= 15 is 0 Å². The number of anilines is 1. The maximum absolute atomic E-state index is 14.7. The molecule has 41 heteroatoms. The summed E-state index contributed by atoms with van der Waals surface area (Å²) in [5.41, 5.74) is 17.9. The molecule has 4 saturated heterocycles. The zero-order valence-electron chi connectivity index (χ0n) is 77.4. The highest BCUT2D eigenvalue weighted by Crippen LogP contribution is 2.70. The molecule has 6 amide bonds. The number of nitrogens with one attached hydrogen (secondary N) is 4. The number of nitrogens with two attached hydrogens (primary N) is 3. The van der Waals surface area contributed by atoms with E-state index in [2.05, 4.69) is 45.1 Å². The molecule has 132 heavy (non-hydrogen) atoms. The van der Waals surface area contributed by atoms with Gasteiger partial charge in [-0.2, -0.15) is 5.48 Å². The number of allylic oxidation sites excluding steroid dienone is 2. The first-order valence-electron chi connectivity index (χ1n) is 44.2. The van der Waals surface area contributed by atoms with Crippen molar-refractivity contribution in [3.8, 4) is 40.9 Å². The number of amides is 6. The Bertz CT molecular complexity index is 4590. The van der Waals surface area contributed by atoms with E-state index in [1.165, 1.54) is 75.0 Å². The summed E-state index contributed by atoms with van der Waals surface area (Å²) in [6, 6.07) is 2.66. The van der Waals surface area contributed by atoms with Gasteiger partial charge in [-0.15, -0.1) is 0 Å². The molecule has 0 bridgehead atoms. The van der Waals surface area contributed by atoms with Crippen molar-refractivity contribution in [1.82, 2.24) is 21.0 Å². The van der Waals surface area contributed by atoms with E-state index in [4.69, 9.17) is 83.6 Å². The number of primary amides is 2. The van der Waals surface area contributed by atoms with Crippen molar-refractivity contribution in [2.24, 2.45) is 52.2 Å². The standard InChI is InChI=1S/C91H129IN8O29S3/c1-17-100(88(114)122-43-52-26-28-55(29-27-52)97-82(110)54(24-21-34-96-87(95)113)37-59(102)71(45(2)3)98-83(111)53(36-47(5)101)23-18-19-33-93)58-44-121-66(40-63(58)116-12)127-79-74(108)72(99-129-67-39-60(103)81(51(9)123-67)131-84(112)68-48(6)70(92)77(80(120-16)76(68)118-14)128-85-75(109)78(119-15)73(107)50(8)125-85)49(7)124-86(79)126-62-25-20-22-46(4)30-32-90-57(38-65(106)117-13)61(104)41-91(90,115)56(69(62)90)31-35-130-132-89(10,11)42-64(94)105/h22,26-29,31,45,49-51,53-54,57-58,60,62-63,66-67,69,71-75,78-79,81,85-86,99,103,107-109,115H,17-19,21,23-24,33-44,93H2,1-16H3,(H2,94,105)(H,97,110)(H,98,111)(H3,95,96,113)/b46-22-,56-31+/t49-,50+,51-,53-,54-,57?,58+,60+,62+,63+,66+,67+,69?,71+,72-,73+,74+,75-,78-,79-,81-,85+,86+,90?,91+/m1/s1. The first-order chi connectivity index (χ1) is 62.6. The first kappa shape index (κ1) is 108. The zero-order chi connectivity index (χ0) is 97.1. The lowest BCUT2D eigenvalue weighted by Crippen LogP contribution is -2.69. The summed E-state index contributed by atoms with van der Waals surface area (Å²) in [4.78, 5) is 143. The average molecular weight is 2020 g/mol.